The third-order valence-electron chi connectivity index (χ3n) is 7.72. The summed E-state index contributed by atoms with van der Waals surface area (Å²) in [6.45, 7) is 4.69. The number of allylic oxidation sites excluding steroid dienone is 1. The number of aliphatic hydroxyl groups is 1. The van der Waals surface area contributed by atoms with Crippen molar-refractivity contribution in [2.24, 2.45) is 28.6 Å². The van der Waals surface area contributed by atoms with E-state index in [0.717, 1.165) is 18.8 Å². The molecule has 0 saturated heterocycles. The summed E-state index contributed by atoms with van der Waals surface area (Å²) in [5, 5.41) is 9.96. The molecule has 3 fully saturated rings. The molecule has 0 aliphatic heterocycles. The molecule has 0 spiro atoms. The van der Waals surface area contributed by atoms with Crippen molar-refractivity contribution >= 4 is 5.78 Å². The molecule has 1 N–H and O–H groups in total. The third-order valence-corrected chi connectivity index (χ3v) is 7.72. The summed E-state index contributed by atoms with van der Waals surface area (Å²) >= 11 is 0. The van der Waals surface area contributed by atoms with E-state index in [1.54, 1.807) is 0 Å². The van der Waals surface area contributed by atoms with Crippen molar-refractivity contribution in [3.05, 3.63) is 11.6 Å². The van der Waals surface area contributed by atoms with Crippen molar-refractivity contribution in [3.8, 4) is 0 Å². The van der Waals surface area contributed by atoms with Gasteiger partial charge in [0, 0.05) is 6.42 Å². The molecule has 4 rings (SSSR count). The highest BCUT2D eigenvalue weighted by molar-refractivity contribution is 5.90. The largest absolute Gasteiger partial charge is 0.392 e. The van der Waals surface area contributed by atoms with E-state index in [0.29, 0.717) is 29.5 Å². The van der Waals surface area contributed by atoms with Gasteiger partial charge in [-0.1, -0.05) is 25.0 Å². The number of ketones is 1. The number of rotatable bonds is 0. The molecule has 4 aliphatic rings. The number of hydrogen-bond donors (Lipinski definition) is 1. The molecular formula is C19H28O2. The number of Topliss-reactive ketones (excluding diaryl/α,β-unsaturated/α-hetero) is 1. The third kappa shape index (κ3) is 1.78. The highest BCUT2D eigenvalue weighted by Gasteiger charge is 2.58. The van der Waals surface area contributed by atoms with E-state index >= 15 is 0 Å². The average Bonchev–Trinajstić information content (AvgIpc) is 2.82. The number of hydrogen-bond acceptors (Lipinski definition) is 2. The Labute approximate surface area is 128 Å². The van der Waals surface area contributed by atoms with E-state index in [1.807, 2.05) is 0 Å². The minimum Gasteiger partial charge on any atom is -0.392 e. The van der Waals surface area contributed by atoms with Gasteiger partial charge in [-0.05, 0) is 68.6 Å². The van der Waals surface area contributed by atoms with E-state index in [-0.39, 0.29) is 5.41 Å². The molecule has 0 bridgehead atoms. The maximum atomic E-state index is 12.8. The number of fused-ring (bicyclic) bond motifs is 5. The predicted octanol–water partition coefficient (Wildman–Crippen LogP) is 3.88. The molecule has 0 aromatic carbocycles. The SMILES string of the molecule is C[C@@]12CCC[C@H]1[C@@H]1CC=C3CC(O)CC(=O)[C@]3(C)[C@@H]1CC2. The minimum absolute atomic E-state index is 0.258. The zero-order valence-electron chi connectivity index (χ0n) is 13.4. The monoisotopic (exact) mass is 288 g/mol. The van der Waals surface area contributed by atoms with Crippen LogP contribution in [0.25, 0.3) is 0 Å². The molecule has 2 nitrogen and oxygen atoms in total. The van der Waals surface area contributed by atoms with E-state index in [2.05, 4.69) is 19.9 Å². The van der Waals surface area contributed by atoms with Crippen molar-refractivity contribution < 1.29 is 9.90 Å². The van der Waals surface area contributed by atoms with Gasteiger partial charge in [-0.25, -0.2) is 0 Å². The van der Waals surface area contributed by atoms with Gasteiger partial charge >= 0.3 is 0 Å². The standard InChI is InChI=1S/C19H28O2/c1-18-8-3-4-15(18)14-6-5-12-10-13(20)11-17(21)19(12,2)16(14)7-9-18/h5,13-16,20H,3-4,6-11H2,1-2H3/t13?,14-,15-,16+,18-,19-/m0/s1. The lowest BCUT2D eigenvalue weighted by molar-refractivity contribution is -0.139. The van der Waals surface area contributed by atoms with Crippen LogP contribution in [0.5, 0.6) is 0 Å². The zero-order valence-corrected chi connectivity index (χ0v) is 13.4. The Kier molecular flexibility index (Phi) is 2.96. The predicted molar refractivity (Wildman–Crippen MR) is 82.7 cm³/mol. The average molecular weight is 288 g/mol. The smallest absolute Gasteiger partial charge is 0.145 e. The molecule has 6 atom stereocenters. The molecule has 21 heavy (non-hydrogen) atoms. The maximum Gasteiger partial charge on any atom is 0.145 e. The van der Waals surface area contributed by atoms with Crippen molar-refractivity contribution in [1.29, 1.82) is 0 Å². The Bertz CT molecular complexity index is 508. The first-order chi connectivity index (χ1) is 9.95. The van der Waals surface area contributed by atoms with E-state index in [9.17, 15) is 9.90 Å². The summed E-state index contributed by atoms with van der Waals surface area (Å²) in [6, 6.07) is 0. The van der Waals surface area contributed by atoms with E-state index in [4.69, 9.17) is 0 Å². The quantitative estimate of drug-likeness (QED) is 0.687. The molecule has 2 heteroatoms. The van der Waals surface area contributed by atoms with Crippen LogP contribution in [-0.4, -0.2) is 17.0 Å². The molecule has 0 radical (unpaired) electrons. The maximum absolute atomic E-state index is 12.8. The molecule has 1 unspecified atom stereocenters. The fourth-order valence-corrected chi connectivity index (χ4v) is 6.49. The van der Waals surface area contributed by atoms with Crippen molar-refractivity contribution in [2.45, 2.75) is 71.3 Å². The van der Waals surface area contributed by atoms with Gasteiger partial charge in [0.1, 0.15) is 5.78 Å². The Morgan fingerprint density at radius 2 is 1.95 bits per heavy atom. The molecule has 116 valence electrons. The molecule has 0 aromatic heterocycles. The van der Waals surface area contributed by atoms with Crippen LogP contribution in [0.3, 0.4) is 0 Å². The summed E-state index contributed by atoms with van der Waals surface area (Å²) in [5.41, 5.74) is 1.54. The van der Waals surface area contributed by atoms with Crippen LogP contribution in [0, 0.1) is 28.6 Å². The summed E-state index contributed by atoms with van der Waals surface area (Å²) < 4.78 is 0. The second-order valence-corrected chi connectivity index (χ2v) is 8.61. The van der Waals surface area contributed by atoms with Gasteiger partial charge in [0.25, 0.3) is 0 Å². The lowest BCUT2D eigenvalue weighted by atomic mass is 9.48. The second kappa shape index (κ2) is 4.44. The Balaban J connectivity index is 1.73. The normalized spacial score (nSPS) is 52.7. The van der Waals surface area contributed by atoms with Crippen LogP contribution >= 0.6 is 0 Å². The Morgan fingerprint density at radius 1 is 1.14 bits per heavy atom. The Hall–Kier alpha value is -0.630. The first-order valence-electron chi connectivity index (χ1n) is 8.86. The highest BCUT2D eigenvalue weighted by Crippen LogP contribution is 2.64. The van der Waals surface area contributed by atoms with Crippen LogP contribution in [0.15, 0.2) is 11.6 Å². The molecule has 4 aliphatic carbocycles. The summed E-state index contributed by atoms with van der Waals surface area (Å²) in [5.74, 6) is 2.38. The molecule has 3 saturated carbocycles. The van der Waals surface area contributed by atoms with Gasteiger partial charge in [-0.2, -0.15) is 0 Å². The number of carbonyl (C=O) groups excluding carboxylic acids is 1. The van der Waals surface area contributed by atoms with Gasteiger partial charge in [-0.3, -0.25) is 4.79 Å². The second-order valence-electron chi connectivity index (χ2n) is 8.61. The van der Waals surface area contributed by atoms with Gasteiger partial charge in [0.05, 0.1) is 11.5 Å². The molecular weight excluding hydrogens is 260 g/mol. The molecule has 0 heterocycles. The first kappa shape index (κ1) is 14.0. The van der Waals surface area contributed by atoms with E-state index in [1.165, 1.54) is 37.7 Å². The van der Waals surface area contributed by atoms with Crippen LogP contribution in [-0.2, 0) is 4.79 Å². The van der Waals surface area contributed by atoms with Crippen LogP contribution in [0.1, 0.15) is 65.2 Å². The van der Waals surface area contributed by atoms with Crippen molar-refractivity contribution in [3.63, 3.8) is 0 Å². The summed E-state index contributed by atoms with van der Waals surface area (Å²) in [6.07, 6.45) is 10.8. The minimum atomic E-state index is -0.436. The van der Waals surface area contributed by atoms with Gasteiger partial charge in [0.15, 0.2) is 0 Å². The van der Waals surface area contributed by atoms with E-state index < -0.39 is 6.10 Å². The summed E-state index contributed by atoms with van der Waals surface area (Å²) in [4.78, 5) is 12.8. The van der Waals surface area contributed by atoms with Crippen molar-refractivity contribution in [2.75, 3.05) is 0 Å². The van der Waals surface area contributed by atoms with Crippen LogP contribution in [0.2, 0.25) is 0 Å². The van der Waals surface area contributed by atoms with Crippen molar-refractivity contribution in [1.82, 2.24) is 0 Å². The highest BCUT2D eigenvalue weighted by atomic mass is 16.3. The Morgan fingerprint density at radius 3 is 2.76 bits per heavy atom. The lowest BCUT2D eigenvalue weighted by Gasteiger charge is -2.56. The number of carbonyl (C=O) groups is 1. The van der Waals surface area contributed by atoms with Crippen LogP contribution in [0.4, 0.5) is 0 Å². The number of aliphatic hydroxyl groups excluding tert-OH is 1. The lowest BCUT2D eigenvalue weighted by Crippen LogP contribution is -2.53. The fourth-order valence-electron chi connectivity index (χ4n) is 6.49. The van der Waals surface area contributed by atoms with Gasteiger partial charge < -0.3 is 5.11 Å². The topological polar surface area (TPSA) is 37.3 Å². The van der Waals surface area contributed by atoms with Gasteiger partial charge in [-0.15, -0.1) is 0 Å². The van der Waals surface area contributed by atoms with Crippen LogP contribution < -0.4 is 0 Å². The zero-order chi connectivity index (χ0) is 14.8. The molecule has 0 aromatic rings. The first-order valence-corrected chi connectivity index (χ1v) is 8.86. The van der Waals surface area contributed by atoms with Gasteiger partial charge in [0.2, 0.25) is 0 Å². The fraction of sp³-hybridized carbons (Fsp3) is 0.842. The molecule has 0 amide bonds. The summed E-state index contributed by atoms with van der Waals surface area (Å²) in [7, 11) is 0.